The third kappa shape index (κ3) is 4.35. The molecule has 0 aliphatic heterocycles. The highest BCUT2D eigenvalue weighted by Crippen LogP contribution is 2.31. The predicted molar refractivity (Wildman–Crippen MR) is 107 cm³/mol. The summed E-state index contributed by atoms with van der Waals surface area (Å²) < 4.78 is 5.27. The average Bonchev–Trinajstić information content (AvgIpc) is 2.67. The molecule has 0 saturated carbocycles. The van der Waals surface area contributed by atoms with Crippen molar-refractivity contribution in [2.45, 2.75) is 13.8 Å². The zero-order chi connectivity index (χ0) is 19.4. The molecule has 0 radical (unpaired) electrons. The fourth-order valence-electron chi connectivity index (χ4n) is 2.47. The zero-order valence-electron chi connectivity index (χ0n) is 15.2. The first-order valence-corrected chi connectivity index (χ1v) is 8.66. The molecule has 6 nitrogen and oxygen atoms in total. The SMILES string of the molecule is COc1cc(Cl)c(C)cc1NC(=O)c1cnc(Nc2ccccc2C)nc1. The molecule has 0 aliphatic carbocycles. The molecule has 0 aliphatic rings. The Labute approximate surface area is 162 Å². The summed E-state index contributed by atoms with van der Waals surface area (Å²) in [5.74, 6) is 0.566. The molecule has 3 rings (SSSR count). The number of para-hydroxylation sites is 1. The van der Waals surface area contributed by atoms with Crippen molar-refractivity contribution in [2.75, 3.05) is 17.7 Å². The van der Waals surface area contributed by atoms with Crippen LogP contribution in [0, 0.1) is 13.8 Å². The van der Waals surface area contributed by atoms with Gasteiger partial charge in [-0.05, 0) is 37.1 Å². The van der Waals surface area contributed by atoms with Crippen LogP contribution in [-0.2, 0) is 0 Å². The first-order valence-electron chi connectivity index (χ1n) is 8.28. The van der Waals surface area contributed by atoms with E-state index in [1.165, 1.54) is 19.5 Å². The number of benzene rings is 2. The van der Waals surface area contributed by atoms with Gasteiger partial charge in [-0.2, -0.15) is 0 Å². The van der Waals surface area contributed by atoms with Gasteiger partial charge in [-0.3, -0.25) is 4.79 Å². The lowest BCUT2D eigenvalue weighted by Gasteiger charge is -2.12. The number of hydrogen-bond acceptors (Lipinski definition) is 5. The number of halogens is 1. The standard InChI is InChI=1S/C20H19ClN4O2/c1-12-6-4-5-7-16(12)25-20-22-10-14(11-23-20)19(26)24-17-8-13(2)15(21)9-18(17)27-3/h4-11H,1-3H3,(H,24,26)(H,22,23,25). The number of amides is 1. The van der Waals surface area contributed by atoms with Gasteiger partial charge >= 0.3 is 0 Å². The van der Waals surface area contributed by atoms with Crippen molar-refractivity contribution >= 4 is 34.8 Å². The summed E-state index contributed by atoms with van der Waals surface area (Å²) in [7, 11) is 1.52. The van der Waals surface area contributed by atoms with Crippen LogP contribution in [-0.4, -0.2) is 23.0 Å². The maximum atomic E-state index is 12.5. The molecule has 0 saturated heterocycles. The van der Waals surface area contributed by atoms with Crippen LogP contribution in [0.1, 0.15) is 21.5 Å². The second kappa shape index (κ2) is 8.05. The normalized spacial score (nSPS) is 10.4. The van der Waals surface area contributed by atoms with Gasteiger partial charge in [0.15, 0.2) is 0 Å². The van der Waals surface area contributed by atoms with Crippen molar-refractivity contribution in [3.63, 3.8) is 0 Å². The van der Waals surface area contributed by atoms with Crippen molar-refractivity contribution in [1.82, 2.24) is 9.97 Å². The van der Waals surface area contributed by atoms with E-state index >= 15 is 0 Å². The van der Waals surface area contributed by atoms with E-state index in [0.717, 1.165) is 16.8 Å². The van der Waals surface area contributed by atoms with Crippen molar-refractivity contribution in [3.05, 3.63) is 70.5 Å². The summed E-state index contributed by atoms with van der Waals surface area (Å²) in [5, 5.41) is 6.50. The first kappa shape index (κ1) is 18.7. The minimum atomic E-state index is -0.336. The van der Waals surface area contributed by atoms with E-state index in [2.05, 4.69) is 20.6 Å². The fraction of sp³-hybridized carbons (Fsp3) is 0.150. The number of aryl methyl sites for hydroxylation is 2. The summed E-state index contributed by atoms with van der Waals surface area (Å²) in [4.78, 5) is 20.9. The van der Waals surface area contributed by atoms with Gasteiger partial charge in [0.2, 0.25) is 5.95 Å². The van der Waals surface area contributed by atoms with E-state index in [9.17, 15) is 4.79 Å². The van der Waals surface area contributed by atoms with Crippen LogP contribution in [0.4, 0.5) is 17.3 Å². The quantitative estimate of drug-likeness (QED) is 0.665. The summed E-state index contributed by atoms with van der Waals surface area (Å²) in [5.41, 5.74) is 3.69. The zero-order valence-corrected chi connectivity index (χ0v) is 16.0. The Bertz CT molecular complexity index is 974. The van der Waals surface area contributed by atoms with Gasteiger partial charge in [0, 0.05) is 29.2 Å². The minimum absolute atomic E-state index is 0.333. The van der Waals surface area contributed by atoms with E-state index in [1.54, 1.807) is 12.1 Å². The van der Waals surface area contributed by atoms with Crippen LogP contribution in [0.15, 0.2) is 48.8 Å². The smallest absolute Gasteiger partial charge is 0.258 e. The lowest BCUT2D eigenvalue weighted by Crippen LogP contribution is -2.14. The molecule has 2 N–H and O–H groups in total. The van der Waals surface area contributed by atoms with Crippen LogP contribution in [0.3, 0.4) is 0 Å². The number of aromatic nitrogens is 2. The number of methoxy groups -OCH3 is 1. The Hall–Kier alpha value is -3.12. The van der Waals surface area contributed by atoms with Gasteiger partial charge in [0.1, 0.15) is 5.75 Å². The second-order valence-electron chi connectivity index (χ2n) is 5.99. The van der Waals surface area contributed by atoms with Crippen LogP contribution in [0.5, 0.6) is 5.75 Å². The van der Waals surface area contributed by atoms with Gasteiger partial charge in [0.05, 0.1) is 18.4 Å². The average molecular weight is 383 g/mol. The molecule has 138 valence electrons. The van der Waals surface area contributed by atoms with Gasteiger partial charge < -0.3 is 15.4 Å². The molecule has 0 atom stereocenters. The fourth-order valence-corrected chi connectivity index (χ4v) is 2.62. The van der Waals surface area contributed by atoms with Gasteiger partial charge in [-0.25, -0.2) is 9.97 Å². The summed E-state index contributed by atoms with van der Waals surface area (Å²) >= 11 is 6.09. The monoisotopic (exact) mass is 382 g/mol. The Balaban J connectivity index is 1.75. The van der Waals surface area contributed by atoms with Gasteiger partial charge in [0.25, 0.3) is 5.91 Å². The molecular weight excluding hydrogens is 364 g/mol. The van der Waals surface area contributed by atoms with E-state index in [4.69, 9.17) is 16.3 Å². The highest BCUT2D eigenvalue weighted by molar-refractivity contribution is 6.31. The molecule has 7 heteroatoms. The molecule has 1 amide bonds. The van der Waals surface area contributed by atoms with E-state index < -0.39 is 0 Å². The van der Waals surface area contributed by atoms with Gasteiger partial charge in [-0.1, -0.05) is 29.8 Å². The Morgan fingerprint density at radius 1 is 1.04 bits per heavy atom. The van der Waals surface area contributed by atoms with Crippen molar-refractivity contribution in [2.24, 2.45) is 0 Å². The molecule has 1 aromatic heterocycles. The molecule has 2 aromatic carbocycles. The third-order valence-corrected chi connectivity index (χ3v) is 4.44. The number of anilines is 3. The van der Waals surface area contributed by atoms with Crippen molar-refractivity contribution in [1.29, 1.82) is 0 Å². The molecule has 0 fully saturated rings. The number of carbonyl (C=O) groups is 1. The maximum absolute atomic E-state index is 12.5. The third-order valence-electron chi connectivity index (χ3n) is 4.03. The number of nitrogens with one attached hydrogen (secondary N) is 2. The number of ether oxygens (including phenoxy) is 1. The van der Waals surface area contributed by atoms with Crippen molar-refractivity contribution in [3.8, 4) is 5.75 Å². The number of nitrogens with zero attached hydrogens (tertiary/aromatic N) is 2. The second-order valence-corrected chi connectivity index (χ2v) is 6.40. The molecule has 0 bridgehead atoms. The Kier molecular flexibility index (Phi) is 5.57. The summed E-state index contributed by atoms with van der Waals surface area (Å²) in [6.45, 7) is 3.85. The molecular formula is C20H19ClN4O2. The molecule has 1 heterocycles. The van der Waals surface area contributed by atoms with Crippen LogP contribution in [0.2, 0.25) is 5.02 Å². The summed E-state index contributed by atoms with van der Waals surface area (Å²) in [6.07, 6.45) is 2.94. The Morgan fingerprint density at radius 2 is 1.74 bits per heavy atom. The highest BCUT2D eigenvalue weighted by atomic mass is 35.5. The van der Waals surface area contributed by atoms with E-state index in [0.29, 0.717) is 28.0 Å². The highest BCUT2D eigenvalue weighted by Gasteiger charge is 2.13. The Morgan fingerprint density at radius 3 is 2.41 bits per heavy atom. The summed E-state index contributed by atoms with van der Waals surface area (Å²) in [6, 6.07) is 11.2. The largest absolute Gasteiger partial charge is 0.495 e. The molecule has 0 spiro atoms. The molecule has 3 aromatic rings. The lowest BCUT2D eigenvalue weighted by atomic mass is 10.2. The van der Waals surface area contributed by atoms with Crippen LogP contribution in [0.25, 0.3) is 0 Å². The number of hydrogen-bond donors (Lipinski definition) is 2. The number of carbonyl (C=O) groups excluding carboxylic acids is 1. The molecule has 27 heavy (non-hydrogen) atoms. The topological polar surface area (TPSA) is 76.1 Å². The lowest BCUT2D eigenvalue weighted by molar-refractivity contribution is 0.102. The van der Waals surface area contributed by atoms with E-state index in [-0.39, 0.29) is 5.91 Å². The first-order chi connectivity index (χ1) is 13.0. The number of rotatable bonds is 5. The van der Waals surface area contributed by atoms with Gasteiger partial charge in [-0.15, -0.1) is 0 Å². The maximum Gasteiger partial charge on any atom is 0.258 e. The van der Waals surface area contributed by atoms with Crippen LogP contribution >= 0.6 is 11.6 Å². The van der Waals surface area contributed by atoms with E-state index in [1.807, 2.05) is 38.1 Å². The minimum Gasteiger partial charge on any atom is -0.495 e. The predicted octanol–water partition coefficient (Wildman–Crippen LogP) is 4.75. The molecule has 0 unspecified atom stereocenters. The van der Waals surface area contributed by atoms with Crippen LogP contribution < -0.4 is 15.4 Å². The van der Waals surface area contributed by atoms with Crippen molar-refractivity contribution < 1.29 is 9.53 Å².